The van der Waals surface area contributed by atoms with E-state index in [0.29, 0.717) is 0 Å². The minimum absolute atomic E-state index is 0.778. The summed E-state index contributed by atoms with van der Waals surface area (Å²) < 4.78 is 5.35. The van der Waals surface area contributed by atoms with E-state index in [-0.39, 0.29) is 0 Å². The average molecular weight is 256 g/mol. The van der Waals surface area contributed by atoms with Crippen molar-refractivity contribution in [3.63, 3.8) is 0 Å². The van der Waals surface area contributed by atoms with Crippen LogP contribution in [0.1, 0.15) is 11.1 Å². The Morgan fingerprint density at radius 1 is 0.947 bits per heavy atom. The fourth-order valence-corrected chi connectivity index (χ4v) is 2.20. The van der Waals surface area contributed by atoms with Crippen molar-refractivity contribution in [2.24, 2.45) is 0 Å². The summed E-state index contributed by atoms with van der Waals surface area (Å²) >= 11 is 0. The van der Waals surface area contributed by atoms with Crippen LogP contribution in [0, 0.1) is 13.8 Å². The first-order valence-corrected chi connectivity index (χ1v) is 6.28. The molecule has 0 fully saturated rings. The summed E-state index contributed by atoms with van der Waals surface area (Å²) in [6.45, 7) is 4.19. The first-order valence-electron chi connectivity index (χ1n) is 6.28. The average Bonchev–Trinajstić information content (AvgIpc) is 2.42. The van der Waals surface area contributed by atoms with E-state index in [4.69, 9.17) is 10.5 Å². The monoisotopic (exact) mass is 256 g/mol. The van der Waals surface area contributed by atoms with Gasteiger partial charge in [-0.25, -0.2) is 0 Å². The molecule has 0 aliphatic rings. The van der Waals surface area contributed by atoms with E-state index < -0.39 is 0 Å². The van der Waals surface area contributed by atoms with Gasteiger partial charge >= 0.3 is 0 Å². The zero-order chi connectivity index (χ0) is 14.0. The van der Waals surface area contributed by atoms with Crippen LogP contribution in [0.25, 0.3) is 0 Å². The summed E-state index contributed by atoms with van der Waals surface area (Å²) in [5, 5.41) is 0. The number of anilines is 3. The molecule has 0 aliphatic heterocycles. The molecule has 3 heteroatoms. The molecule has 0 spiro atoms. The molecule has 0 heterocycles. The highest BCUT2D eigenvalue weighted by atomic mass is 16.5. The zero-order valence-corrected chi connectivity index (χ0v) is 11.9. The second kappa shape index (κ2) is 5.22. The Labute approximate surface area is 114 Å². The SMILES string of the molecule is COc1ccc(N(C)c2ccc(N)cc2)c(C)c1C. The number of rotatable bonds is 3. The van der Waals surface area contributed by atoms with Crippen LogP contribution in [0.15, 0.2) is 36.4 Å². The summed E-state index contributed by atoms with van der Waals surface area (Å²) in [6, 6.07) is 12.0. The van der Waals surface area contributed by atoms with Crippen LogP contribution < -0.4 is 15.4 Å². The topological polar surface area (TPSA) is 38.5 Å². The van der Waals surface area contributed by atoms with Crippen LogP contribution in [0.4, 0.5) is 17.1 Å². The summed E-state index contributed by atoms with van der Waals surface area (Å²) in [4.78, 5) is 2.15. The van der Waals surface area contributed by atoms with Crippen molar-refractivity contribution in [2.75, 3.05) is 24.8 Å². The largest absolute Gasteiger partial charge is 0.496 e. The van der Waals surface area contributed by atoms with Crippen molar-refractivity contribution < 1.29 is 4.74 Å². The molecular weight excluding hydrogens is 236 g/mol. The molecule has 0 bridgehead atoms. The molecule has 2 rings (SSSR count). The quantitative estimate of drug-likeness (QED) is 0.852. The molecule has 0 aromatic heterocycles. The smallest absolute Gasteiger partial charge is 0.122 e. The van der Waals surface area contributed by atoms with Crippen LogP contribution in [-0.4, -0.2) is 14.2 Å². The molecule has 0 unspecified atom stereocenters. The summed E-state index contributed by atoms with van der Waals surface area (Å²) in [6.07, 6.45) is 0. The van der Waals surface area contributed by atoms with Gasteiger partial charge in [0.05, 0.1) is 7.11 Å². The molecule has 0 atom stereocenters. The Morgan fingerprint density at radius 3 is 2.16 bits per heavy atom. The fraction of sp³-hybridized carbons (Fsp3) is 0.250. The molecule has 2 aromatic carbocycles. The van der Waals surface area contributed by atoms with Gasteiger partial charge < -0.3 is 15.4 Å². The molecule has 0 saturated carbocycles. The number of hydrogen-bond acceptors (Lipinski definition) is 3. The van der Waals surface area contributed by atoms with Crippen LogP contribution in [-0.2, 0) is 0 Å². The van der Waals surface area contributed by atoms with E-state index in [0.717, 1.165) is 17.1 Å². The van der Waals surface area contributed by atoms with Crippen LogP contribution >= 0.6 is 0 Å². The lowest BCUT2D eigenvalue weighted by Crippen LogP contribution is -2.11. The Kier molecular flexibility index (Phi) is 3.65. The van der Waals surface area contributed by atoms with Crippen molar-refractivity contribution in [3.8, 4) is 5.75 Å². The predicted octanol–water partition coefficient (Wildman–Crippen LogP) is 3.66. The van der Waals surface area contributed by atoms with E-state index in [9.17, 15) is 0 Å². The van der Waals surface area contributed by atoms with Crippen molar-refractivity contribution >= 4 is 17.1 Å². The normalized spacial score (nSPS) is 10.3. The number of hydrogen-bond donors (Lipinski definition) is 1. The van der Waals surface area contributed by atoms with Gasteiger partial charge in [-0.1, -0.05) is 0 Å². The molecule has 3 nitrogen and oxygen atoms in total. The third-order valence-electron chi connectivity index (χ3n) is 3.57. The number of nitrogen functional groups attached to an aromatic ring is 1. The summed E-state index contributed by atoms with van der Waals surface area (Å²) in [7, 11) is 3.75. The molecule has 0 aliphatic carbocycles. The number of nitrogens with two attached hydrogens (primary N) is 1. The molecule has 19 heavy (non-hydrogen) atoms. The number of nitrogens with zero attached hydrogens (tertiary/aromatic N) is 1. The maximum atomic E-state index is 5.72. The molecular formula is C16H20N2O. The lowest BCUT2D eigenvalue weighted by molar-refractivity contribution is 0.411. The molecule has 0 amide bonds. The maximum absolute atomic E-state index is 5.72. The van der Waals surface area contributed by atoms with E-state index in [2.05, 4.69) is 31.9 Å². The van der Waals surface area contributed by atoms with Crippen molar-refractivity contribution in [3.05, 3.63) is 47.5 Å². The number of benzene rings is 2. The minimum Gasteiger partial charge on any atom is -0.496 e. The first kappa shape index (κ1) is 13.3. The number of methoxy groups -OCH3 is 1. The number of ether oxygens (including phenoxy) is 1. The van der Waals surface area contributed by atoms with Crippen molar-refractivity contribution in [2.45, 2.75) is 13.8 Å². The Morgan fingerprint density at radius 2 is 1.58 bits per heavy atom. The van der Waals surface area contributed by atoms with E-state index >= 15 is 0 Å². The summed E-state index contributed by atoms with van der Waals surface area (Å²) in [5.41, 5.74) is 11.2. The molecule has 2 N–H and O–H groups in total. The van der Waals surface area contributed by atoms with Crippen molar-refractivity contribution in [1.82, 2.24) is 0 Å². The molecule has 0 radical (unpaired) electrons. The first-order chi connectivity index (χ1) is 9.04. The van der Waals surface area contributed by atoms with Gasteiger partial charge in [-0.2, -0.15) is 0 Å². The third kappa shape index (κ3) is 2.50. The van der Waals surface area contributed by atoms with Gasteiger partial charge in [0.2, 0.25) is 0 Å². The van der Waals surface area contributed by atoms with Crippen LogP contribution in [0.2, 0.25) is 0 Å². The third-order valence-corrected chi connectivity index (χ3v) is 3.57. The van der Waals surface area contributed by atoms with Gasteiger partial charge in [0, 0.05) is 24.1 Å². The lowest BCUT2D eigenvalue weighted by atomic mass is 10.1. The molecule has 2 aromatic rings. The standard InChI is InChI=1S/C16H20N2O/c1-11-12(2)16(19-4)10-9-15(11)18(3)14-7-5-13(17)6-8-14/h5-10H,17H2,1-4H3. The second-order valence-corrected chi connectivity index (χ2v) is 4.69. The molecule has 0 saturated heterocycles. The van der Waals surface area contributed by atoms with Gasteiger partial charge in [-0.3, -0.25) is 0 Å². The Balaban J connectivity index is 2.41. The minimum atomic E-state index is 0.778. The van der Waals surface area contributed by atoms with E-state index in [1.165, 1.54) is 16.8 Å². The van der Waals surface area contributed by atoms with Gasteiger partial charge in [-0.05, 0) is 61.4 Å². The second-order valence-electron chi connectivity index (χ2n) is 4.69. The highest BCUT2D eigenvalue weighted by Crippen LogP contribution is 2.33. The fourth-order valence-electron chi connectivity index (χ4n) is 2.20. The lowest BCUT2D eigenvalue weighted by Gasteiger charge is -2.23. The highest BCUT2D eigenvalue weighted by molar-refractivity contribution is 5.69. The Hall–Kier alpha value is -2.16. The molecule has 100 valence electrons. The van der Waals surface area contributed by atoms with Gasteiger partial charge in [-0.15, -0.1) is 0 Å². The van der Waals surface area contributed by atoms with Crippen LogP contribution in [0.3, 0.4) is 0 Å². The predicted molar refractivity (Wildman–Crippen MR) is 81.4 cm³/mol. The van der Waals surface area contributed by atoms with Crippen LogP contribution in [0.5, 0.6) is 5.75 Å². The summed E-state index contributed by atoms with van der Waals surface area (Å²) in [5.74, 6) is 0.923. The van der Waals surface area contributed by atoms with E-state index in [1.54, 1.807) is 7.11 Å². The van der Waals surface area contributed by atoms with Gasteiger partial charge in [0.15, 0.2) is 0 Å². The van der Waals surface area contributed by atoms with Gasteiger partial charge in [0.25, 0.3) is 0 Å². The van der Waals surface area contributed by atoms with Crippen molar-refractivity contribution in [1.29, 1.82) is 0 Å². The zero-order valence-electron chi connectivity index (χ0n) is 11.9. The highest BCUT2D eigenvalue weighted by Gasteiger charge is 2.11. The maximum Gasteiger partial charge on any atom is 0.122 e. The van der Waals surface area contributed by atoms with Gasteiger partial charge in [0.1, 0.15) is 5.75 Å². The Bertz CT molecular complexity index is 576. The van der Waals surface area contributed by atoms with E-state index in [1.807, 2.05) is 30.3 Å².